The van der Waals surface area contributed by atoms with Crippen LogP contribution in [0.5, 0.6) is 5.88 Å². The normalized spacial score (nSPS) is 9.86. The minimum Gasteiger partial charge on any atom is -0.391 e. The molecular weight excluding hydrogens is 182 g/mol. The zero-order valence-electron chi connectivity index (χ0n) is 7.99. The van der Waals surface area contributed by atoms with Gasteiger partial charge < -0.3 is 16.2 Å². The topological polar surface area (TPSA) is 91.2 Å². The van der Waals surface area contributed by atoms with Gasteiger partial charge >= 0.3 is 6.09 Å². The number of ether oxygens (including phenoxy) is 1. The van der Waals surface area contributed by atoms with E-state index in [4.69, 9.17) is 11.5 Å². The van der Waals surface area contributed by atoms with E-state index in [9.17, 15) is 4.79 Å². The fourth-order valence-corrected chi connectivity index (χ4v) is 1.16. The zero-order valence-corrected chi connectivity index (χ0v) is 7.99. The first kappa shape index (κ1) is 10.5. The minimum absolute atomic E-state index is 0.214. The zero-order chi connectivity index (χ0) is 10.6. The Morgan fingerprint density at radius 2 is 2.29 bits per heavy atom. The molecule has 1 aromatic heterocycles. The van der Waals surface area contributed by atoms with Gasteiger partial charge in [0.25, 0.3) is 0 Å². The maximum absolute atomic E-state index is 10.5. The van der Waals surface area contributed by atoms with E-state index in [0.717, 1.165) is 17.7 Å². The number of aryl methyl sites for hydroxylation is 1. The second-order valence-corrected chi connectivity index (χ2v) is 2.73. The van der Waals surface area contributed by atoms with Gasteiger partial charge in [0, 0.05) is 18.3 Å². The molecule has 0 saturated heterocycles. The van der Waals surface area contributed by atoms with Crippen LogP contribution in [0.25, 0.3) is 0 Å². The summed E-state index contributed by atoms with van der Waals surface area (Å²) >= 11 is 0. The van der Waals surface area contributed by atoms with Crippen LogP contribution in [-0.4, -0.2) is 11.1 Å². The number of aromatic nitrogens is 1. The number of hydrogen-bond acceptors (Lipinski definition) is 4. The van der Waals surface area contributed by atoms with Gasteiger partial charge in [-0.3, -0.25) is 0 Å². The number of primary amides is 1. The molecule has 0 bridgehead atoms. The first-order valence-corrected chi connectivity index (χ1v) is 4.33. The fourth-order valence-electron chi connectivity index (χ4n) is 1.16. The number of hydrogen-bond donors (Lipinski definition) is 2. The van der Waals surface area contributed by atoms with Crippen LogP contribution >= 0.6 is 0 Å². The van der Waals surface area contributed by atoms with E-state index in [2.05, 4.69) is 9.72 Å². The summed E-state index contributed by atoms with van der Waals surface area (Å²) in [6.45, 7) is 2.38. The van der Waals surface area contributed by atoms with E-state index in [1.807, 2.05) is 6.92 Å². The lowest BCUT2D eigenvalue weighted by molar-refractivity contribution is 0.209. The van der Waals surface area contributed by atoms with Crippen LogP contribution in [0.15, 0.2) is 12.1 Å². The summed E-state index contributed by atoms with van der Waals surface area (Å²) in [5.41, 5.74) is 12.1. The average molecular weight is 195 g/mol. The van der Waals surface area contributed by atoms with Crippen molar-refractivity contribution in [3.63, 3.8) is 0 Å². The molecule has 0 spiro atoms. The maximum atomic E-state index is 10.5. The first-order valence-electron chi connectivity index (χ1n) is 4.33. The Kier molecular flexibility index (Phi) is 3.41. The Balaban J connectivity index is 2.95. The molecule has 0 aliphatic rings. The summed E-state index contributed by atoms with van der Waals surface area (Å²) in [5.74, 6) is 0.214. The van der Waals surface area contributed by atoms with Gasteiger partial charge in [0.05, 0.1) is 0 Å². The van der Waals surface area contributed by atoms with Gasteiger partial charge in [-0.05, 0) is 12.0 Å². The number of carbonyl (C=O) groups excluding carboxylic acids is 1. The number of amides is 1. The molecule has 4 N–H and O–H groups in total. The molecule has 1 amide bonds. The molecule has 5 heteroatoms. The maximum Gasteiger partial charge on any atom is 0.411 e. The Hall–Kier alpha value is -1.62. The van der Waals surface area contributed by atoms with Gasteiger partial charge in [0.2, 0.25) is 5.88 Å². The van der Waals surface area contributed by atoms with Crippen molar-refractivity contribution in [1.29, 1.82) is 0 Å². The number of nitrogens with two attached hydrogens (primary N) is 2. The highest BCUT2D eigenvalue weighted by atomic mass is 16.6. The van der Waals surface area contributed by atoms with Crippen molar-refractivity contribution in [2.24, 2.45) is 11.5 Å². The van der Waals surface area contributed by atoms with Crippen LogP contribution in [-0.2, 0) is 13.0 Å². The average Bonchev–Trinajstić information content (AvgIpc) is 2.16. The van der Waals surface area contributed by atoms with Crippen LogP contribution in [0.1, 0.15) is 18.2 Å². The predicted molar refractivity (Wildman–Crippen MR) is 51.7 cm³/mol. The molecule has 5 nitrogen and oxygen atoms in total. The third kappa shape index (κ3) is 2.43. The monoisotopic (exact) mass is 195 g/mol. The minimum atomic E-state index is -0.861. The molecule has 0 radical (unpaired) electrons. The number of nitrogens with zero attached hydrogens (tertiary/aromatic N) is 1. The largest absolute Gasteiger partial charge is 0.411 e. The van der Waals surface area contributed by atoms with Crippen molar-refractivity contribution < 1.29 is 9.53 Å². The molecule has 76 valence electrons. The van der Waals surface area contributed by atoms with Crippen molar-refractivity contribution in [1.82, 2.24) is 4.98 Å². The van der Waals surface area contributed by atoms with Gasteiger partial charge in [-0.1, -0.05) is 13.0 Å². The van der Waals surface area contributed by atoms with Crippen LogP contribution < -0.4 is 16.2 Å². The molecule has 0 aliphatic heterocycles. The van der Waals surface area contributed by atoms with Crippen molar-refractivity contribution in [3.05, 3.63) is 23.4 Å². The molecule has 0 aliphatic carbocycles. The second-order valence-electron chi connectivity index (χ2n) is 2.73. The van der Waals surface area contributed by atoms with E-state index >= 15 is 0 Å². The van der Waals surface area contributed by atoms with Gasteiger partial charge in [0.1, 0.15) is 0 Å². The molecule has 0 fully saturated rings. The smallest absolute Gasteiger partial charge is 0.391 e. The highest BCUT2D eigenvalue weighted by Gasteiger charge is 2.05. The van der Waals surface area contributed by atoms with Crippen LogP contribution in [0.4, 0.5) is 4.79 Å². The summed E-state index contributed by atoms with van der Waals surface area (Å²) in [4.78, 5) is 14.6. The van der Waals surface area contributed by atoms with Crippen molar-refractivity contribution in [2.45, 2.75) is 19.9 Å². The Labute approximate surface area is 82.1 Å². The Bertz CT molecular complexity index is 339. The fraction of sp³-hybridized carbons (Fsp3) is 0.333. The summed E-state index contributed by atoms with van der Waals surface area (Å²) in [5, 5.41) is 0. The van der Waals surface area contributed by atoms with Gasteiger partial charge in [0.15, 0.2) is 0 Å². The predicted octanol–water partition coefficient (Wildman–Crippen LogP) is 0.560. The third-order valence-electron chi connectivity index (χ3n) is 1.80. The van der Waals surface area contributed by atoms with E-state index < -0.39 is 6.09 Å². The number of pyridine rings is 1. The van der Waals surface area contributed by atoms with Crippen molar-refractivity contribution in [3.8, 4) is 5.88 Å². The lowest BCUT2D eigenvalue weighted by Gasteiger charge is -2.06. The third-order valence-corrected chi connectivity index (χ3v) is 1.80. The van der Waals surface area contributed by atoms with Gasteiger partial charge in [-0.15, -0.1) is 0 Å². The van der Waals surface area contributed by atoms with Crippen LogP contribution in [0.3, 0.4) is 0 Å². The number of rotatable bonds is 3. The van der Waals surface area contributed by atoms with Gasteiger partial charge in [-0.2, -0.15) is 0 Å². The van der Waals surface area contributed by atoms with Crippen LogP contribution in [0.2, 0.25) is 0 Å². The molecule has 1 heterocycles. The van der Waals surface area contributed by atoms with E-state index in [0.29, 0.717) is 6.54 Å². The Morgan fingerprint density at radius 3 is 2.79 bits per heavy atom. The van der Waals surface area contributed by atoms with Gasteiger partial charge in [-0.25, -0.2) is 9.78 Å². The molecule has 0 atom stereocenters. The molecular formula is C9H13N3O2. The SMILES string of the molecule is CCc1nc(OC(N)=O)ccc1CN. The molecule has 14 heavy (non-hydrogen) atoms. The van der Waals surface area contributed by atoms with Crippen molar-refractivity contribution in [2.75, 3.05) is 0 Å². The summed E-state index contributed by atoms with van der Waals surface area (Å²) < 4.78 is 4.64. The standard InChI is InChI=1S/C9H13N3O2/c1-2-7-6(5-10)3-4-8(12-7)14-9(11)13/h3-4H,2,5,10H2,1H3,(H2,11,13). The molecule has 0 aromatic carbocycles. The number of carbonyl (C=O) groups is 1. The lowest BCUT2D eigenvalue weighted by atomic mass is 10.1. The highest BCUT2D eigenvalue weighted by molar-refractivity contribution is 5.67. The summed E-state index contributed by atoms with van der Waals surface area (Å²) in [6.07, 6.45) is -0.122. The second kappa shape index (κ2) is 4.57. The quantitative estimate of drug-likeness (QED) is 0.737. The highest BCUT2D eigenvalue weighted by Crippen LogP contribution is 2.13. The molecule has 0 saturated carbocycles. The Morgan fingerprint density at radius 1 is 1.57 bits per heavy atom. The summed E-state index contributed by atoms with van der Waals surface area (Å²) in [7, 11) is 0. The molecule has 1 aromatic rings. The van der Waals surface area contributed by atoms with E-state index in [1.165, 1.54) is 0 Å². The van der Waals surface area contributed by atoms with E-state index in [1.54, 1.807) is 12.1 Å². The van der Waals surface area contributed by atoms with Crippen LogP contribution in [0, 0.1) is 0 Å². The lowest BCUT2D eigenvalue weighted by Crippen LogP contribution is -2.17. The molecule has 1 rings (SSSR count). The first-order chi connectivity index (χ1) is 6.67. The van der Waals surface area contributed by atoms with Crippen molar-refractivity contribution >= 4 is 6.09 Å². The summed E-state index contributed by atoms with van der Waals surface area (Å²) in [6, 6.07) is 3.36. The van der Waals surface area contributed by atoms with E-state index in [-0.39, 0.29) is 5.88 Å². The molecule has 0 unspecified atom stereocenters.